The highest BCUT2D eigenvalue weighted by atomic mass is 16.5. The van der Waals surface area contributed by atoms with Crippen LogP contribution < -0.4 is 0 Å². The second-order valence-corrected chi connectivity index (χ2v) is 6.15. The lowest BCUT2D eigenvalue weighted by Gasteiger charge is -2.25. The van der Waals surface area contributed by atoms with E-state index in [1.165, 1.54) is 19.3 Å². The molecule has 0 radical (unpaired) electrons. The van der Waals surface area contributed by atoms with E-state index < -0.39 is 12.1 Å². The molecule has 6 nitrogen and oxygen atoms in total. The van der Waals surface area contributed by atoms with E-state index in [0.717, 1.165) is 24.6 Å². The first-order valence-corrected chi connectivity index (χ1v) is 7.89. The minimum absolute atomic E-state index is 0.362. The van der Waals surface area contributed by atoms with Gasteiger partial charge in [-0.25, -0.2) is 4.79 Å². The SMILES string of the molecule is CCC1CCC(c2noc(C3CCC(C(=O)O)O3)n2)CC1. The number of carbonyl (C=O) groups is 1. The minimum Gasteiger partial charge on any atom is -0.479 e. The molecule has 1 aliphatic heterocycles. The van der Waals surface area contributed by atoms with Crippen LogP contribution in [0, 0.1) is 5.92 Å². The van der Waals surface area contributed by atoms with E-state index in [1.54, 1.807) is 0 Å². The largest absolute Gasteiger partial charge is 0.479 e. The third kappa shape index (κ3) is 3.10. The van der Waals surface area contributed by atoms with Crippen LogP contribution in [0.25, 0.3) is 0 Å². The number of carboxylic acid groups (broad SMARTS) is 1. The summed E-state index contributed by atoms with van der Waals surface area (Å²) in [4.78, 5) is 15.4. The van der Waals surface area contributed by atoms with Gasteiger partial charge in [-0.1, -0.05) is 18.5 Å². The van der Waals surface area contributed by atoms with Gasteiger partial charge in [0.25, 0.3) is 5.89 Å². The quantitative estimate of drug-likeness (QED) is 0.918. The van der Waals surface area contributed by atoms with Gasteiger partial charge >= 0.3 is 5.97 Å². The zero-order valence-electron chi connectivity index (χ0n) is 12.3. The molecular weight excluding hydrogens is 272 g/mol. The van der Waals surface area contributed by atoms with Crippen LogP contribution in [0.4, 0.5) is 0 Å². The van der Waals surface area contributed by atoms with E-state index in [4.69, 9.17) is 14.4 Å². The van der Waals surface area contributed by atoms with Gasteiger partial charge in [0.1, 0.15) is 6.10 Å². The first-order chi connectivity index (χ1) is 10.2. The molecule has 2 unspecified atom stereocenters. The summed E-state index contributed by atoms with van der Waals surface area (Å²) >= 11 is 0. The molecule has 1 aliphatic carbocycles. The van der Waals surface area contributed by atoms with Crippen molar-refractivity contribution in [1.82, 2.24) is 10.1 Å². The van der Waals surface area contributed by atoms with Crippen LogP contribution in [0.15, 0.2) is 4.52 Å². The number of rotatable bonds is 4. The monoisotopic (exact) mass is 294 g/mol. The number of ether oxygens (including phenoxy) is 1. The van der Waals surface area contributed by atoms with Crippen LogP contribution in [0.3, 0.4) is 0 Å². The van der Waals surface area contributed by atoms with Crippen molar-refractivity contribution in [2.45, 2.75) is 70.0 Å². The maximum atomic E-state index is 10.9. The molecule has 2 fully saturated rings. The Labute approximate surface area is 123 Å². The van der Waals surface area contributed by atoms with Crippen molar-refractivity contribution < 1.29 is 19.2 Å². The van der Waals surface area contributed by atoms with E-state index in [-0.39, 0.29) is 6.10 Å². The van der Waals surface area contributed by atoms with Crippen LogP contribution >= 0.6 is 0 Å². The molecule has 0 amide bonds. The molecule has 1 aromatic heterocycles. The Morgan fingerprint density at radius 1 is 1.24 bits per heavy atom. The van der Waals surface area contributed by atoms with Crippen molar-refractivity contribution in [2.75, 3.05) is 0 Å². The van der Waals surface area contributed by atoms with Gasteiger partial charge in [-0.3, -0.25) is 0 Å². The van der Waals surface area contributed by atoms with Crippen molar-refractivity contribution in [1.29, 1.82) is 0 Å². The van der Waals surface area contributed by atoms with Gasteiger partial charge in [0, 0.05) is 5.92 Å². The van der Waals surface area contributed by atoms with Gasteiger partial charge < -0.3 is 14.4 Å². The number of carboxylic acids is 1. The fourth-order valence-corrected chi connectivity index (χ4v) is 3.37. The third-order valence-corrected chi connectivity index (χ3v) is 4.82. The lowest BCUT2D eigenvalue weighted by molar-refractivity contribution is -0.150. The second kappa shape index (κ2) is 6.13. The molecule has 0 bridgehead atoms. The minimum atomic E-state index is -0.921. The highest BCUT2D eigenvalue weighted by Gasteiger charge is 2.35. The molecule has 6 heteroatoms. The summed E-state index contributed by atoms with van der Waals surface area (Å²) in [7, 11) is 0. The molecule has 0 spiro atoms. The van der Waals surface area contributed by atoms with Gasteiger partial charge in [0.15, 0.2) is 11.9 Å². The predicted octanol–water partition coefficient (Wildman–Crippen LogP) is 3.06. The topological polar surface area (TPSA) is 85.5 Å². The summed E-state index contributed by atoms with van der Waals surface area (Å²) in [6.07, 6.45) is 5.95. The summed E-state index contributed by atoms with van der Waals surface area (Å²) in [6, 6.07) is 0. The van der Waals surface area contributed by atoms with Crippen LogP contribution in [0.2, 0.25) is 0 Å². The van der Waals surface area contributed by atoms with Crippen molar-refractivity contribution in [3.8, 4) is 0 Å². The standard InChI is InChI=1S/C15H22N2O4/c1-2-9-3-5-10(6-4-9)13-16-14(21-17-13)11-7-8-12(20-11)15(18)19/h9-12H,2-8H2,1H3,(H,18,19). The molecule has 2 heterocycles. The fraction of sp³-hybridized carbons (Fsp3) is 0.800. The highest BCUT2D eigenvalue weighted by molar-refractivity contribution is 5.72. The van der Waals surface area contributed by atoms with Crippen LogP contribution in [-0.2, 0) is 9.53 Å². The number of hydrogen-bond acceptors (Lipinski definition) is 5. The van der Waals surface area contributed by atoms with E-state index >= 15 is 0 Å². The first-order valence-electron chi connectivity index (χ1n) is 7.89. The first kappa shape index (κ1) is 14.5. The zero-order valence-corrected chi connectivity index (χ0v) is 12.3. The Hall–Kier alpha value is -1.43. The molecule has 1 saturated carbocycles. The van der Waals surface area contributed by atoms with Crippen molar-refractivity contribution >= 4 is 5.97 Å². The van der Waals surface area contributed by atoms with Gasteiger partial charge in [-0.05, 0) is 44.4 Å². The Bertz CT molecular complexity index is 494. The van der Waals surface area contributed by atoms with Crippen LogP contribution in [0.1, 0.15) is 75.6 Å². The number of aromatic nitrogens is 2. The second-order valence-electron chi connectivity index (χ2n) is 6.15. The average molecular weight is 294 g/mol. The molecule has 21 heavy (non-hydrogen) atoms. The molecule has 116 valence electrons. The lowest BCUT2D eigenvalue weighted by Crippen LogP contribution is -2.18. The van der Waals surface area contributed by atoms with E-state index in [2.05, 4.69) is 17.1 Å². The van der Waals surface area contributed by atoms with Crippen LogP contribution in [-0.4, -0.2) is 27.3 Å². The Kier molecular flexibility index (Phi) is 4.24. The van der Waals surface area contributed by atoms with Crippen molar-refractivity contribution in [3.63, 3.8) is 0 Å². The fourth-order valence-electron chi connectivity index (χ4n) is 3.37. The van der Waals surface area contributed by atoms with Gasteiger partial charge in [-0.15, -0.1) is 0 Å². The molecule has 2 atom stereocenters. The Morgan fingerprint density at radius 2 is 2.00 bits per heavy atom. The van der Waals surface area contributed by atoms with Crippen molar-refractivity contribution in [2.24, 2.45) is 5.92 Å². The summed E-state index contributed by atoms with van der Waals surface area (Å²) in [5.41, 5.74) is 0. The molecular formula is C15H22N2O4. The van der Waals surface area contributed by atoms with E-state index in [0.29, 0.717) is 24.7 Å². The van der Waals surface area contributed by atoms with Crippen LogP contribution in [0.5, 0.6) is 0 Å². The van der Waals surface area contributed by atoms with E-state index in [1.807, 2.05) is 0 Å². The molecule has 2 aliphatic rings. The third-order valence-electron chi connectivity index (χ3n) is 4.82. The smallest absolute Gasteiger partial charge is 0.332 e. The molecule has 1 N–H and O–H groups in total. The van der Waals surface area contributed by atoms with E-state index in [9.17, 15) is 4.79 Å². The molecule has 1 aromatic rings. The van der Waals surface area contributed by atoms with Gasteiger partial charge in [0.05, 0.1) is 0 Å². The number of aliphatic carboxylic acids is 1. The zero-order chi connectivity index (χ0) is 14.8. The Morgan fingerprint density at radius 3 is 2.62 bits per heavy atom. The number of nitrogens with zero attached hydrogens (tertiary/aromatic N) is 2. The molecule has 1 saturated heterocycles. The summed E-state index contributed by atoms with van der Waals surface area (Å²) < 4.78 is 10.8. The summed E-state index contributed by atoms with van der Waals surface area (Å²) in [5, 5.41) is 13.0. The Balaban J connectivity index is 1.61. The summed E-state index contributed by atoms with van der Waals surface area (Å²) in [5.74, 6) is 1.49. The van der Waals surface area contributed by atoms with Gasteiger partial charge in [0.2, 0.25) is 0 Å². The predicted molar refractivity (Wildman–Crippen MR) is 73.8 cm³/mol. The van der Waals surface area contributed by atoms with Gasteiger partial charge in [-0.2, -0.15) is 4.98 Å². The maximum Gasteiger partial charge on any atom is 0.332 e. The molecule has 0 aromatic carbocycles. The lowest BCUT2D eigenvalue weighted by atomic mass is 9.80. The number of hydrogen-bond donors (Lipinski definition) is 1. The maximum absolute atomic E-state index is 10.9. The molecule has 3 rings (SSSR count). The highest BCUT2D eigenvalue weighted by Crippen LogP contribution is 2.37. The average Bonchev–Trinajstić information content (AvgIpc) is 3.16. The van der Waals surface area contributed by atoms with Crippen molar-refractivity contribution in [3.05, 3.63) is 11.7 Å². The summed E-state index contributed by atoms with van der Waals surface area (Å²) in [6.45, 7) is 2.24. The normalized spacial score (nSPS) is 33.2.